The molecule has 2 unspecified atom stereocenters. The van der Waals surface area contributed by atoms with E-state index in [0.29, 0.717) is 0 Å². The van der Waals surface area contributed by atoms with Crippen LogP contribution in [0.15, 0.2) is 0 Å². The van der Waals surface area contributed by atoms with Gasteiger partial charge in [0.05, 0.1) is 12.1 Å². The quantitative estimate of drug-likeness (QED) is 0.525. The Morgan fingerprint density at radius 1 is 1.31 bits per heavy atom. The van der Waals surface area contributed by atoms with Gasteiger partial charge in [0, 0.05) is 7.05 Å². The van der Waals surface area contributed by atoms with Crippen LogP contribution in [0.1, 0.15) is 32.1 Å². The van der Waals surface area contributed by atoms with Crippen LogP contribution in [0.25, 0.3) is 0 Å². The molecular formula is C9H18N2O2. The minimum Gasteiger partial charge on any atom is -0.391 e. The van der Waals surface area contributed by atoms with E-state index in [1.165, 1.54) is 0 Å². The maximum Gasteiger partial charge on any atom is 0.314 e. The second kappa shape index (κ2) is 5.07. The van der Waals surface area contributed by atoms with Crippen molar-refractivity contribution in [2.24, 2.45) is 0 Å². The number of carbonyl (C=O) groups is 1. The summed E-state index contributed by atoms with van der Waals surface area (Å²) in [6, 6.07) is -0.270. The largest absolute Gasteiger partial charge is 0.391 e. The van der Waals surface area contributed by atoms with Crippen molar-refractivity contribution in [3.8, 4) is 0 Å². The third kappa shape index (κ3) is 3.22. The number of hydrogen-bond donors (Lipinski definition) is 3. The van der Waals surface area contributed by atoms with Crippen LogP contribution in [0, 0.1) is 0 Å². The molecule has 1 fully saturated rings. The highest BCUT2D eigenvalue weighted by atomic mass is 16.3. The molecule has 13 heavy (non-hydrogen) atoms. The van der Waals surface area contributed by atoms with Gasteiger partial charge in [0.25, 0.3) is 0 Å². The Morgan fingerprint density at radius 3 is 2.69 bits per heavy atom. The molecule has 1 saturated carbocycles. The van der Waals surface area contributed by atoms with Crippen LogP contribution < -0.4 is 10.6 Å². The molecule has 0 saturated heterocycles. The summed E-state index contributed by atoms with van der Waals surface area (Å²) in [7, 11) is 1.58. The molecule has 1 aliphatic rings. The monoisotopic (exact) mass is 186 g/mol. The highest BCUT2D eigenvalue weighted by Crippen LogP contribution is 2.17. The number of aliphatic hydroxyl groups excluding tert-OH is 1. The van der Waals surface area contributed by atoms with Crippen molar-refractivity contribution >= 4 is 6.03 Å². The van der Waals surface area contributed by atoms with Gasteiger partial charge in [0.2, 0.25) is 0 Å². The van der Waals surface area contributed by atoms with Crippen molar-refractivity contribution in [3.05, 3.63) is 0 Å². The number of hydrogen-bond acceptors (Lipinski definition) is 2. The van der Waals surface area contributed by atoms with Crippen LogP contribution >= 0.6 is 0 Å². The summed E-state index contributed by atoms with van der Waals surface area (Å²) in [5, 5.41) is 14.9. The molecule has 0 bridgehead atoms. The molecule has 3 N–H and O–H groups in total. The molecule has 0 aliphatic heterocycles. The van der Waals surface area contributed by atoms with E-state index in [4.69, 9.17) is 0 Å². The Morgan fingerprint density at radius 2 is 2.00 bits per heavy atom. The summed E-state index contributed by atoms with van der Waals surface area (Å²) in [5.41, 5.74) is 0. The normalized spacial score (nSPS) is 29.1. The van der Waals surface area contributed by atoms with Gasteiger partial charge in [0.15, 0.2) is 0 Å². The zero-order valence-corrected chi connectivity index (χ0v) is 8.05. The predicted octanol–water partition coefficient (Wildman–Crippen LogP) is 0.609. The summed E-state index contributed by atoms with van der Waals surface area (Å²) in [6.45, 7) is 0. The number of carbonyl (C=O) groups excluding carboxylic acids is 1. The van der Waals surface area contributed by atoms with Gasteiger partial charge in [-0.25, -0.2) is 4.79 Å². The second-order valence-corrected chi connectivity index (χ2v) is 3.54. The zero-order chi connectivity index (χ0) is 9.68. The van der Waals surface area contributed by atoms with Crippen molar-refractivity contribution in [3.63, 3.8) is 0 Å². The van der Waals surface area contributed by atoms with Crippen molar-refractivity contribution < 1.29 is 9.90 Å². The molecule has 76 valence electrons. The standard InChI is InChI=1S/C9H18N2O2/c1-10-9(13)11-7-5-3-2-4-6-8(7)12/h7-8,12H,2-6H2,1H3,(H2,10,11,13). The fraction of sp³-hybridized carbons (Fsp3) is 0.889. The van der Waals surface area contributed by atoms with Crippen molar-refractivity contribution in [1.82, 2.24) is 10.6 Å². The van der Waals surface area contributed by atoms with Gasteiger partial charge in [0.1, 0.15) is 0 Å². The van der Waals surface area contributed by atoms with E-state index in [1.54, 1.807) is 7.05 Å². The lowest BCUT2D eigenvalue weighted by molar-refractivity contribution is 0.122. The Balaban J connectivity index is 2.40. The predicted molar refractivity (Wildman–Crippen MR) is 50.5 cm³/mol. The van der Waals surface area contributed by atoms with E-state index in [9.17, 15) is 9.90 Å². The third-order valence-corrected chi connectivity index (χ3v) is 2.52. The fourth-order valence-electron chi connectivity index (χ4n) is 1.70. The van der Waals surface area contributed by atoms with E-state index in [0.717, 1.165) is 32.1 Å². The Bertz CT molecular complexity index is 173. The molecule has 0 aromatic heterocycles. The van der Waals surface area contributed by atoms with E-state index >= 15 is 0 Å². The van der Waals surface area contributed by atoms with E-state index in [1.807, 2.05) is 0 Å². The lowest BCUT2D eigenvalue weighted by Crippen LogP contribution is -2.46. The number of rotatable bonds is 1. The lowest BCUT2D eigenvalue weighted by Gasteiger charge is -2.21. The number of aliphatic hydroxyl groups is 1. The first-order chi connectivity index (χ1) is 6.24. The fourth-order valence-corrected chi connectivity index (χ4v) is 1.70. The molecule has 0 spiro atoms. The maximum atomic E-state index is 11.0. The number of nitrogens with one attached hydrogen (secondary N) is 2. The van der Waals surface area contributed by atoms with Gasteiger partial charge in [-0.05, 0) is 12.8 Å². The van der Waals surface area contributed by atoms with Crippen LogP contribution in [0.4, 0.5) is 4.79 Å². The Labute approximate surface area is 78.7 Å². The number of urea groups is 1. The molecule has 0 heterocycles. The Kier molecular flexibility index (Phi) is 4.02. The summed E-state index contributed by atoms with van der Waals surface area (Å²) in [4.78, 5) is 11.0. The molecule has 4 heteroatoms. The van der Waals surface area contributed by atoms with E-state index in [2.05, 4.69) is 10.6 Å². The summed E-state index contributed by atoms with van der Waals surface area (Å²) < 4.78 is 0. The first kappa shape index (κ1) is 10.3. The summed E-state index contributed by atoms with van der Waals surface area (Å²) in [6.07, 6.45) is 4.62. The molecule has 2 amide bonds. The third-order valence-electron chi connectivity index (χ3n) is 2.52. The molecule has 1 rings (SSSR count). The smallest absolute Gasteiger partial charge is 0.314 e. The van der Waals surface area contributed by atoms with Gasteiger partial charge in [-0.15, -0.1) is 0 Å². The summed E-state index contributed by atoms with van der Waals surface area (Å²) in [5.74, 6) is 0. The first-order valence-electron chi connectivity index (χ1n) is 4.90. The van der Waals surface area contributed by atoms with Crippen molar-refractivity contribution in [2.45, 2.75) is 44.2 Å². The van der Waals surface area contributed by atoms with Crippen LogP contribution in [-0.2, 0) is 0 Å². The second-order valence-electron chi connectivity index (χ2n) is 3.54. The van der Waals surface area contributed by atoms with E-state index < -0.39 is 0 Å². The zero-order valence-electron chi connectivity index (χ0n) is 8.05. The highest BCUT2D eigenvalue weighted by Gasteiger charge is 2.22. The molecule has 0 aromatic carbocycles. The molecule has 0 radical (unpaired) electrons. The average molecular weight is 186 g/mol. The lowest BCUT2D eigenvalue weighted by atomic mass is 10.1. The molecule has 4 nitrogen and oxygen atoms in total. The van der Waals surface area contributed by atoms with Gasteiger partial charge in [-0.2, -0.15) is 0 Å². The maximum absolute atomic E-state index is 11.0. The van der Waals surface area contributed by atoms with Gasteiger partial charge in [-0.1, -0.05) is 19.3 Å². The van der Waals surface area contributed by atoms with Crippen molar-refractivity contribution in [1.29, 1.82) is 0 Å². The molecule has 2 atom stereocenters. The molecular weight excluding hydrogens is 168 g/mol. The number of amides is 2. The van der Waals surface area contributed by atoms with Crippen LogP contribution in [0.5, 0.6) is 0 Å². The first-order valence-corrected chi connectivity index (χ1v) is 4.90. The minimum atomic E-state index is -0.375. The van der Waals surface area contributed by atoms with Crippen LogP contribution in [0.3, 0.4) is 0 Å². The summed E-state index contributed by atoms with van der Waals surface area (Å²) >= 11 is 0. The molecule has 1 aliphatic carbocycles. The molecule has 0 aromatic rings. The van der Waals surface area contributed by atoms with Crippen molar-refractivity contribution in [2.75, 3.05) is 7.05 Å². The van der Waals surface area contributed by atoms with Crippen LogP contribution in [-0.4, -0.2) is 30.3 Å². The highest BCUT2D eigenvalue weighted by molar-refractivity contribution is 5.73. The van der Waals surface area contributed by atoms with Crippen LogP contribution in [0.2, 0.25) is 0 Å². The topological polar surface area (TPSA) is 61.4 Å². The van der Waals surface area contributed by atoms with E-state index in [-0.39, 0.29) is 18.2 Å². The van der Waals surface area contributed by atoms with Gasteiger partial charge in [-0.3, -0.25) is 0 Å². The average Bonchev–Trinajstić information content (AvgIpc) is 2.32. The SMILES string of the molecule is CNC(=O)NC1CCCCCC1O. The van der Waals surface area contributed by atoms with Gasteiger partial charge >= 0.3 is 6.03 Å². The van der Waals surface area contributed by atoms with Gasteiger partial charge < -0.3 is 15.7 Å². The minimum absolute atomic E-state index is 0.0672. The Hall–Kier alpha value is -0.770.